The second-order valence-corrected chi connectivity index (χ2v) is 3.15. The molecule has 12 heavy (non-hydrogen) atoms. The van der Waals surface area contributed by atoms with Gasteiger partial charge in [0.2, 0.25) is 0 Å². The fourth-order valence-electron chi connectivity index (χ4n) is 0.853. The van der Waals surface area contributed by atoms with Crippen molar-refractivity contribution in [3.8, 4) is 0 Å². The summed E-state index contributed by atoms with van der Waals surface area (Å²) in [7, 11) is 0. The van der Waals surface area contributed by atoms with E-state index in [-0.39, 0.29) is 5.92 Å². The van der Waals surface area contributed by atoms with Gasteiger partial charge in [0, 0.05) is 18.3 Å². The molecule has 1 aromatic heterocycles. The van der Waals surface area contributed by atoms with Gasteiger partial charge in [-0.25, -0.2) is 9.97 Å². The molecule has 0 bridgehead atoms. The molecule has 0 saturated heterocycles. The van der Waals surface area contributed by atoms with Gasteiger partial charge >= 0.3 is 0 Å². The Morgan fingerprint density at radius 3 is 2.17 bits per heavy atom. The van der Waals surface area contributed by atoms with Crippen molar-refractivity contribution in [1.82, 2.24) is 9.97 Å². The fraction of sp³-hybridized carbons (Fsp3) is 0.556. The van der Waals surface area contributed by atoms with Crippen molar-refractivity contribution in [2.24, 2.45) is 0 Å². The van der Waals surface area contributed by atoms with Crippen molar-refractivity contribution in [2.75, 3.05) is 0 Å². The molecule has 66 valence electrons. The molecule has 1 heterocycles. The molecular weight excluding hydrogens is 152 g/mol. The maximum atomic E-state index is 9.26. The second kappa shape index (κ2) is 3.63. The fourth-order valence-corrected chi connectivity index (χ4v) is 0.853. The van der Waals surface area contributed by atoms with Crippen LogP contribution in [0.1, 0.15) is 31.2 Å². The van der Waals surface area contributed by atoms with E-state index in [9.17, 15) is 5.11 Å². The van der Waals surface area contributed by atoms with E-state index in [1.807, 2.05) is 13.8 Å². The molecule has 1 aromatic rings. The first-order valence-electron chi connectivity index (χ1n) is 4.08. The van der Waals surface area contributed by atoms with E-state index < -0.39 is 6.10 Å². The van der Waals surface area contributed by atoms with E-state index in [1.165, 1.54) is 0 Å². The largest absolute Gasteiger partial charge is 0.393 e. The Morgan fingerprint density at radius 1 is 1.25 bits per heavy atom. The molecule has 0 radical (unpaired) electrons. The van der Waals surface area contributed by atoms with E-state index in [4.69, 9.17) is 0 Å². The SMILES string of the molecule is Cc1cnc(C(C)C(C)O)nc1. The van der Waals surface area contributed by atoms with Crippen molar-refractivity contribution in [1.29, 1.82) is 0 Å². The van der Waals surface area contributed by atoms with Crippen molar-refractivity contribution < 1.29 is 5.11 Å². The van der Waals surface area contributed by atoms with Crippen molar-refractivity contribution in [3.05, 3.63) is 23.8 Å². The Hall–Kier alpha value is -0.960. The van der Waals surface area contributed by atoms with Crippen molar-refractivity contribution in [2.45, 2.75) is 32.8 Å². The highest BCUT2D eigenvalue weighted by Crippen LogP contribution is 2.13. The molecule has 0 aliphatic heterocycles. The average molecular weight is 166 g/mol. The minimum absolute atomic E-state index is 0.00519. The van der Waals surface area contributed by atoms with Crippen LogP contribution >= 0.6 is 0 Å². The zero-order valence-corrected chi connectivity index (χ0v) is 7.65. The Balaban J connectivity index is 2.82. The summed E-state index contributed by atoms with van der Waals surface area (Å²) in [6.07, 6.45) is 3.13. The molecule has 0 spiro atoms. The highest BCUT2D eigenvalue weighted by atomic mass is 16.3. The lowest BCUT2D eigenvalue weighted by molar-refractivity contribution is 0.165. The van der Waals surface area contributed by atoms with Gasteiger partial charge in [0.15, 0.2) is 0 Å². The number of hydrogen-bond donors (Lipinski definition) is 1. The molecule has 0 saturated carbocycles. The van der Waals surface area contributed by atoms with Crippen LogP contribution in [-0.4, -0.2) is 21.2 Å². The number of aryl methyl sites for hydroxylation is 1. The molecule has 3 heteroatoms. The lowest BCUT2D eigenvalue weighted by Gasteiger charge is -2.12. The molecule has 1 N–H and O–H groups in total. The summed E-state index contributed by atoms with van der Waals surface area (Å²) >= 11 is 0. The number of hydrogen-bond acceptors (Lipinski definition) is 3. The normalized spacial score (nSPS) is 15.7. The second-order valence-electron chi connectivity index (χ2n) is 3.15. The van der Waals surface area contributed by atoms with Crippen molar-refractivity contribution >= 4 is 0 Å². The van der Waals surface area contributed by atoms with Crippen LogP contribution in [0.3, 0.4) is 0 Å². The van der Waals surface area contributed by atoms with Crippen LogP contribution in [0, 0.1) is 6.92 Å². The van der Waals surface area contributed by atoms with E-state index in [1.54, 1.807) is 19.3 Å². The minimum atomic E-state index is -0.396. The maximum absolute atomic E-state index is 9.26. The van der Waals surface area contributed by atoms with Gasteiger partial charge in [0.1, 0.15) is 5.82 Å². The number of rotatable bonds is 2. The molecule has 2 unspecified atom stereocenters. The average Bonchev–Trinajstić information content (AvgIpc) is 2.04. The van der Waals surface area contributed by atoms with E-state index in [2.05, 4.69) is 9.97 Å². The lowest BCUT2D eigenvalue weighted by Crippen LogP contribution is -2.13. The number of aromatic nitrogens is 2. The summed E-state index contributed by atoms with van der Waals surface area (Å²) in [6, 6.07) is 0. The van der Waals surface area contributed by atoms with Gasteiger partial charge in [-0.05, 0) is 19.4 Å². The first-order valence-corrected chi connectivity index (χ1v) is 4.08. The first kappa shape index (κ1) is 9.13. The Labute approximate surface area is 72.5 Å². The zero-order chi connectivity index (χ0) is 9.14. The summed E-state index contributed by atoms with van der Waals surface area (Å²) in [5.41, 5.74) is 1.04. The van der Waals surface area contributed by atoms with Crippen LogP contribution in [0.2, 0.25) is 0 Å². The number of nitrogens with zero attached hydrogens (tertiary/aromatic N) is 2. The third-order valence-electron chi connectivity index (χ3n) is 1.93. The molecular formula is C9H14N2O. The summed E-state index contributed by atoms with van der Waals surface area (Å²) < 4.78 is 0. The molecule has 3 nitrogen and oxygen atoms in total. The Kier molecular flexibility index (Phi) is 2.76. The van der Waals surface area contributed by atoms with E-state index >= 15 is 0 Å². The molecule has 0 aliphatic carbocycles. The third-order valence-corrected chi connectivity index (χ3v) is 1.93. The van der Waals surface area contributed by atoms with Crippen LogP contribution in [0.25, 0.3) is 0 Å². The van der Waals surface area contributed by atoms with E-state index in [0.29, 0.717) is 5.82 Å². The van der Waals surface area contributed by atoms with Gasteiger partial charge in [-0.2, -0.15) is 0 Å². The summed E-state index contributed by atoms with van der Waals surface area (Å²) in [4.78, 5) is 8.26. The highest BCUT2D eigenvalue weighted by Gasteiger charge is 2.13. The minimum Gasteiger partial charge on any atom is -0.393 e. The van der Waals surface area contributed by atoms with Gasteiger partial charge < -0.3 is 5.11 Å². The third kappa shape index (κ3) is 2.01. The van der Waals surface area contributed by atoms with Crippen LogP contribution < -0.4 is 0 Å². The van der Waals surface area contributed by atoms with Crippen LogP contribution in [0.5, 0.6) is 0 Å². The van der Waals surface area contributed by atoms with Gasteiger partial charge in [0.05, 0.1) is 6.10 Å². The van der Waals surface area contributed by atoms with Crippen LogP contribution in [-0.2, 0) is 0 Å². The van der Waals surface area contributed by atoms with Crippen LogP contribution in [0.15, 0.2) is 12.4 Å². The van der Waals surface area contributed by atoms with Crippen molar-refractivity contribution in [3.63, 3.8) is 0 Å². The number of aliphatic hydroxyl groups is 1. The monoisotopic (exact) mass is 166 g/mol. The standard InChI is InChI=1S/C9H14N2O/c1-6-4-10-9(11-5-6)7(2)8(3)12/h4-5,7-8,12H,1-3H3. The molecule has 2 atom stereocenters. The maximum Gasteiger partial charge on any atom is 0.133 e. The first-order chi connectivity index (χ1) is 5.61. The summed E-state index contributed by atoms with van der Waals surface area (Å²) in [5, 5.41) is 9.26. The Morgan fingerprint density at radius 2 is 1.75 bits per heavy atom. The highest BCUT2D eigenvalue weighted by molar-refractivity contribution is 5.05. The summed E-state index contributed by atoms with van der Waals surface area (Å²) in [6.45, 7) is 5.60. The molecule has 1 rings (SSSR count). The molecule has 0 aromatic carbocycles. The van der Waals surface area contributed by atoms with E-state index in [0.717, 1.165) is 5.56 Å². The smallest absolute Gasteiger partial charge is 0.133 e. The molecule has 0 amide bonds. The predicted molar refractivity (Wildman–Crippen MR) is 46.9 cm³/mol. The Bertz CT molecular complexity index is 243. The molecule has 0 fully saturated rings. The van der Waals surface area contributed by atoms with Gasteiger partial charge in [-0.15, -0.1) is 0 Å². The van der Waals surface area contributed by atoms with Gasteiger partial charge in [-0.3, -0.25) is 0 Å². The zero-order valence-electron chi connectivity index (χ0n) is 7.65. The lowest BCUT2D eigenvalue weighted by atomic mass is 10.1. The van der Waals surface area contributed by atoms with Gasteiger partial charge in [-0.1, -0.05) is 6.92 Å². The quantitative estimate of drug-likeness (QED) is 0.719. The molecule has 0 aliphatic rings. The van der Waals surface area contributed by atoms with Gasteiger partial charge in [0.25, 0.3) is 0 Å². The topological polar surface area (TPSA) is 46.0 Å². The number of aliphatic hydroxyl groups excluding tert-OH is 1. The summed E-state index contributed by atoms with van der Waals surface area (Å²) in [5.74, 6) is 0.709. The predicted octanol–water partition coefficient (Wildman–Crippen LogP) is 1.27. The van der Waals surface area contributed by atoms with Crippen LogP contribution in [0.4, 0.5) is 0 Å².